The van der Waals surface area contributed by atoms with Crippen LogP contribution in [0.15, 0.2) is 138 Å². The molecular weight excluding hydrogens is 500 g/mol. The molecule has 0 bridgehead atoms. The van der Waals surface area contributed by atoms with E-state index in [1.165, 1.54) is 32.3 Å². The lowest BCUT2D eigenvalue weighted by Crippen LogP contribution is -1.95. The van der Waals surface area contributed by atoms with E-state index in [9.17, 15) is 0 Å². The first kappa shape index (κ1) is 22.3. The van der Waals surface area contributed by atoms with Crippen LogP contribution in [0.1, 0.15) is 0 Å². The van der Waals surface area contributed by atoms with Crippen LogP contribution >= 0.6 is 0 Å². The zero-order chi connectivity index (χ0) is 26.9. The van der Waals surface area contributed by atoms with Gasteiger partial charge in [0.25, 0.3) is 0 Å². The zero-order valence-corrected chi connectivity index (χ0v) is 22.0. The molecule has 0 aliphatic rings. The smallest absolute Gasteiger partial charge is 0.160 e. The summed E-state index contributed by atoms with van der Waals surface area (Å²) in [4.78, 5) is 10.1. The summed E-state index contributed by atoms with van der Waals surface area (Å²) in [6.45, 7) is 0. The number of benzene rings is 7. The summed E-state index contributed by atoms with van der Waals surface area (Å²) in [7, 11) is 0. The van der Waals surface area contributed by atoms with E-state index in [0.29, 0.717) is 0 Å². The summed E-state index contributed by atoms with van der Waals surface area (Å²) < 4.78 is 6.26. The molecule has 0 amide bonds. The van der Waals surface area contributed by atoms with E-state index in [2.05, 4.69) is 103 Å². The predicted octanol–water partition coefficient (Wildman–Crippen LogP) is 10.3. The number of para-hydroxylation sites is 2. The lowest BCUT2D eigenvalue weighted by Gasteiger charge is -2.12. The molecule has 3 heteroatoms. The lowest BCUT2D eigenvalue weighted by atomic mass is 9.93. The summed E-state index contributed by atoms with van der Waals surface area (Å²) in [5, 5.41) is 10.6. The second kappa shape index (κ2) is 8.48. The Bertz CT molecular complexity index is 2470. The molecule has 0 atom stereocenters. The minimum Gasteiger partial charge on any atom is -0.456 e. The van der Waals surface area contributed by atoms with Crippen LogP contribution in [0.3, 0.4) is 0 Å². The van der Waals surface area contributed by atoms with Crippen LogP contribution in [0.4, 0.5) is 0 Å². The van der Waals surface area contributed by atoms with E-state index in [4.69, 9.17) is 14.4 Å². The van der Waals surface area contributed by atoms with Gasteiger partial charge < -0.3 is 4.42 Å². The molecule has 3 nitrogen and oxygen atoms in total. The van der Waals surface area contributed by atoms with E-state index in [1.54, 1.807) is 0 Å². The fourth-order valence-electron chi connectivity index (χ4n) is 6.35. The molecule has 2 heterocycles. The standard InChI is InChI=1S/C38H22N2O/c1-2-8-25(9-3-1)37-29-10-4-6-12-31(29)39-38(40-37)27-18-20-28-26(22-27)17-16-23-14-15-24-19-21-33-36(35(24)34(23)28)30-11-5-7-13-32(30)41-33/h1-22H. The average Bonchev–Trinajstić information content (AvgIpc) is 3.43. The van der Waals surface area contributed by atoms with Gasteiger partial charge in [0.05, 0.1) is 11.2 Å². The maximum Gasteiger partial charge on any atom is 0.160 e. The SMILES string of the molecule is c1ccc(-c2nc(-c3ccc4c(ccc5ccc6ccc7oc8ccccc8c7c6c54)c3)nc3ccccc23)cc1. The van der Waals surface area contributed by atoms with E-state index < -0.39 is 0 Å². The van der Waals surface area contributed by atoms with Gasteiger partial charge in [-0.1, -0.05) is 109 Å². The van der Waals surface area contributed by atoms with Crippen molar-refractivity contribution in [2.24, 2.45) is 0 Å². The number of rotatable bonds is 2. The van der Waals surface area contributed by atoms with Gasteiger partial charge in [0.1, 0.15) is 11.2 Å². The summed E-state index contributed by atoms with van der Waals surface area (Å²) in [5.41, 5.74) is 5.80. The van der Waals surface area contributed by atoms with Crippen LogP contribution in [-0.2, 0) is 0 Å². The van der Waals surface area contributed by atoms with Crippen molar-refractivity contribution >= 4 is 65.2 Å². The summed E-state index contributed by atoms with van der Waals surface area (Å²) in [5.74, 6) is 0.727. The van der Waals surface area contributed by atoms with Gasteiger partial charge in [0.15, 0.2) is 5.82 Å². The van der Waals surface area contributed by atoms with Gasteiger partial charge in [-0.25, -0.2) is 9.97 Å². The average molecular weight is 523 g/mol. The van der Waals surface area contributed by atoms with Crippen molar-refractivity contribution in [3.63, 3.8) is 0 Å². The fraction of sp³-hybridized carbons (Fsp3) is 0. The first-order valence-corrected chi connectivity index (χ1v) is 13.8. The predicted molar refractivity (Wildman–Crippen MR) is 170 cm³/mol. The summed E-state index contributed by atoms with van der Waals surface area (Å²) in [6, 6.07) is 46.6. The van der Waals surface area contributed by atoms with E-state index in [-0.39, 0.29) is 0 Å². The van der Waals surface area contributed by atoms with Gasteiger partial charge in [-0.2, -0.15) is 0 Å². The highest BCUT2D eigenvalue weighted by molar-refractivity contribution is 6.31. The Morgan fingerprint density at radius 3 is 2.00 bits per heavy atom. The minimum absolute atomic E-state index is 0.727. The van der Waals surface area contributed by atoms with E-state index in [1.807, 2.05) is 30.3 Å². The molecule has 0 radical (unpaired) electrons. The third-order valence-corrected chi connectivity index (χ3v) is 8.23. The van der Waals surface area contributed by atoms with Crippen LogP contribution in [0.5, 0.6) is 0 Å². The van der Waals surface area contributed by atoms with Gasteiger partial charge in [0.2, 0.25) is 0 Å². The fourth-order valence-corrected chi connectivity index (χ4v) is 6.35. The zero-order valence-electron chi connectivity index (χ0n) is 22.0. The van der Waals surface area contributed by atoms with Crippen molar-refractivity contribution in [2.75, 3.05) is 0 Å². The highest BCUT2D eigenvalue weighted by atomic mass is 16.3. The highest BCUT2D eigenvalue weighted by Gasteiger charge is 2.16. The molecule has 7 aromatic carbocycles. The van der Waals surface area contributed by atoms with Crippen molar-refractivity contribution in [3.05, 3.63) is 133 Å². The Morgan fingerprint density at radius 2 is 1.12 bits per heavy atom. The van der Waals surface area contributed by atoms with Crippen molar-refractivity contribution in [3.8, 4) is 22.6 Å². The Hall–Kier alpha value is -5.54. The van der Waals surface area contributed by atoms with Gasteiger partial charge in [0, 0.05) is 32.7 Å². The van der Waals surface area contributed by atoms with Crippen LogP contribution in [0.2, 0.25) is 0 Å². The molecule has 0 saturated carbocycles. The number of hydrogen-bond acceptors (Lipinski definition) is 3. The molecule has 2 aromatic heterocycles. The number of hydrogen-bond donors (Lipinski definition) is 0. The number of nitrogens with zero attached hydrogens (tertiary/aromatic N) is 2. The largest absolute Gasteiger partial charge is 0.456 e. The molecule has 190 valence electrons. The maximum atomic E-state index is 6.26. The van der Waals surface area contributed by atoms with Gasteiger partial charge in [-0.05, 0) is 51.2 Å². The minimum atomic E-state index is 0.727. The first-order valence-electron chi connectivity index (χ1n) is 13.8. The lowest BCUT2D eigenvalue weighted by molar-refractivity contribution is 0.669. The molecule has 0 saturated heterocycles. The van der Waals surface area contributed by atoms with Crippen molar-refractivity contribution in [1.82, 2.24) is 9.97 Å². The molecule has 0 spiro atoms. The van der Waals surface area contributed by atoms with Crippen molar-refractivity contribution < 1.29 is 4.42 Å². The normalized spacial score (nSPS) is 11.9. The molecule has 0 N–H and O–H groups in total. The molecule has 41 heavy (non-hydrogen) atoms. The van der Waals surface area contributed by atoms with Crippen LogP contribution in [0.25, 0.3) is 87.8 Å². The quantitative estimate of drug-likeness (QED) is 0.212. The monoisotopic (exact) mass is 522 g/mol. The van der Waals surface area contributed by atoms with E-state index in [0.717, 1.165) is 55.5 Å². The molecule has 0 aliphatic carbocycles. The first-order chi connectivity index (χ1) is 20.3. The number of aromatic nitrogens is 2. The highest BCUT2D eigenvalue weighted by Crippen LogP contribution is 2.41. The number of fused-ring (bicyclic) bond motifs is 10. The van der Waals surface area contributed by atoms with Crippen molar-refractivity contribution in [1.29, 1.82) is 0 Å². The van der Waals surface area contributed by atoms with Gasteiger partial charge in [-0.15, -0.1) is 0 Å². The molecule has 0 aliphatic heterocycles. The molecular formula is C38H22N2O. The molecule has 0 unspecified atom stereocenters. The van der Waals surface area contributed by atoms with E-state index >= 15 is 0 Å². The van der Waals surface area contributed by atoms with Crippen molar-refractivity contribution in [2.45, 2.75) is 0 Å². The van der Waals surface area contributed by atoms with Gasteiger partial charge in [-0.3, -0.25) is 0 Å². The second-order valence-electron chi connectivity index (χ2n) is 10.6. The van der Waals surface area contributed by atoms with Gasteiger partial charge >= 0.3 is 0 Å². The summed E-state index contributed by atoms with van der Waals surface area (Å²) in [6.07, 6.45) is 0. The number of furan rings is 1. The third-order valence-electron chi connectivity index (χ3n) is 8.23. The Kier molecular flexibility index (Phi) is 4.61. The van der Waals surface area contributed by atoms with Crippen LogP contribution in [0, 0.1) is 0 Å². The maximum absolute atomic E-state index is 6.26. The van der Waals surface area contributed by atoms with Crippen LogP contribution < -0.4 is 0 Å². The van der Waals surface area contributed by atoms with Crippen LogP contribution in [-0.4, -0.2) is 9.97 Å². The Labute approximate surface area is 235 Å². The third kappa shape index (κ3) is 3.33. The Morgan fingerprint density at radius 1 is 0.415 bits per heavy atom. The molecule has 0 fully saturated rings. The molecule has 9 rings (SSSR count). The second-order valence-corrected chi connectivity index (χ2v) is 10.6. The molecule has 9 aromatic rings. The summed E-state index contributed by atoms with van der Waals surface area (Å²) >= 11 is 0. The Balaban J connectivity index is 1.33. The topological polar surface area (TPSA) is 38.9 Å².